The van der Waals surface area contributed by atoms with E-state index in [4.69, 9.17) is 14.6 Å². The van der Waals surface area contributed by atoms with Crippen molar-refractivity contribution in [3.05, 3.63) is 21.9 Å². The number of hydrogen-bond donors (Lipinski definition) is 1. The molecule has 30 heavy (non-hydrogen) atoms. The molecule has 4 heterocycles. The number of fused-ring (bicyclic) bond motifs is 1. The highest BCUT2D eigenvalue weighted by Crippen LogP contribution is 2.36. The van der Waals surface area contributed by atoms with E-state index in [0.29, 0.717) is 11.8 Å². The Kier molecular flexibility index (Phi) is 7.41. The first-order valence-electron chi connectivity index (χ1n) is 10.1. The molecule has 3 fully saturated rings. The van der Waals surface area contributed by atoms with Gasteiger partial charge >= 0.3 is 12.1 Å². The van der Waals surface area contributed by atoms with Gasteiger partial charge in [-0.15, -0.1) is 11.3 Å². The van der Waals surface area contributed by atoms with Gasteiger partial charge in [-0.3, -0.25) is 9.69 Å². The molecular weight excluding hydrogens is 421 g/mol. The second-order valence-corrected chi connectivity index (χ2v) is 9.38. The number of carboxylic acid groups (broad SMARTS) is 1. The number of hydrogen-bond acceptors (Lipinski definition) is 5. The van der Waals surface area contributed by atoms with Gasteiger partial charge in [-0.05, 0) is 38.3 Å². The van der Waals surface area contributed by atoms with E-state index in [9.17, 15) is 18.0 Å². The van der Waals surface area contributed by atoms with Crippen molar-refractivity contribution in [2.24, 2.45) is 11.8 Å². The van der Waals surface area contributed by atoms with E-state index in [2.05, 4.69) is 28.9 Å². The molecule has 0 saturated carbocycles. The zero-order valence-electron chi connectivity index (χ0n) is 16.9. The number of piperidine rings is 1. The molecule has 0 radical (unpaired) electrons. The summed E-state index contributed by atoms with van der Waals surface area (Å²) in [7, 11) is 0. The van der Waals surface area contributed by atoms with Gasteiger partial charge in [-0.2, -0.15) is 13.2 Å². The van der Waals surface area contributed by atoms with Crippen molar-refractivity contribution in [3.63, 3.8) is 0 Å². The molecule has 3 aliphatic rings. The maximum absolute atomic E-state index is 13.0. The Morgan fingerprint density at radius 3 is 2.47 bits per heavy atom. The van der Waals surface area contributed by atoms with Gasteiger partial charge in [0.1, 0.15) is 0 Å². The summed E-state index contributed by atoms with van der Waals surface area (Å²) in [6, 6.07) is 4.41. The monoisotopic (exact) mass is 448 g/mol. The summed E-state index contributed by atoms with van der Waals surface area (Å²) in [5.41, 5.74) is 0. The molecule has 0 aliphatic carbocycles. The zero-order valence-corrected chi connectivity index (χ0v) is 17.7. The average molecular weight is 449 g/mol. The van der Waals surface area contributed by atoms with Gasteiger partial charge in [0.05, 0.1) is 12.0 Å². The topological polar surface area (TPSA) is 70.1 Å². The largest absolute Gasteiger partial charge is 0.490 e. The normalized spacial score (nSPS) is 26.8. The molecule has 1 aromatic heterocycles. The average Bonchev–Trinajstić information content (AvgIpc) is 3.42. The molecule has 1 aromatic rings. The summed E-state index contributed by atoms with van der Waals surface area (Å²) in [6.07, 6.45) is -1.44. The third-order valence-electron chi connectivity index (χ3n) is 5.82. The van der Waals surface area contributed by atoms with Crippen LogP contribution >= 0.6 is 11.3 Å². The lowest BCUT2D eigenvalue weighted by Gasteiger charge is -2.40. The van der Waals surface area contributed by atoms with Crippen LogP contribution in [0.3, 0.4) is 0 Å². The molecular formula is C20H27F3N2O4S. The summed E-state index contributed by atoms with van der Waals surface area (Å²) in [4.78, 5) is 29.2. The number of aliphatic carboxylic acids is 1. The van der Waals surface area contributed by atoms with Crippen LogP contribution in [0.15, 0.2) is 12.1 Å². The van der Waals surface area contributed by atoms with E-state index >= 15 is 0 Å². The Morgan fingerprint density at radius 2 is 1.90 bits per heavy atom. The van der Waals surface area contributed by atoms with Gasteiger partial charge < -0.3 is 14.7 Å². The highest BCUT2D eigenvalue weighted by molar-refractivity contribution is 7.11. The van der Waals surface area contributed by atoms with Gasteiger partial charge in [0.25, 0.3) is 0 Å². The van der Waals surface area contributed by atoms with Crippen LogP contribution in [0.1, 0.15) is 29.0 Å². The fraction of sp³-hybridized carbons (Fsp3) is 0.700. The second-order valence-electron chi connectivity index (χ2n) is 8.01. The van der Waals surface area contributed by atoms with Gasteiger partial charge in [0.15, 0.2) is 0 Å². The number of halogens is 3. The molecule has 6 nitrogen and oxygen atoms in total. The summed E-state index contributed by atoms with van der Waals surface area (Å²) in [5, 5.41) is 7.12. The van der Waals surface area contributed by atoms with E-state index in [1.165, 1.54) is 22.6 Å². The van der Waals surface area contributed by atoms with Crippen LogP contribution in [0.4, 0.5) is 13.2 Å². The minimum absolute atomic E-state index is 0.135. The fourth-order valence-corrected chi connectivity index (χ4v) is 5.34. The number of aryl methyl sites for hydroxylation is 1. The van der Waals surface area contributed by atoms with Crippen LogP contribution in [-0.2, 0) is 20.9 Å². The molecule has 1 amide bonds. The lowest BCUT2D eigenvalue weighted by Crippen LogP contribution is -2.52. The van der Waals surface area contributed by atoms with Gasteiger partial charge in [-0.25, -0.2) is 4.79 Å². The van der Waals surface area contributed by atoms with Crippen LogP contribution in [0, 0.1) is 18.8 Å². The van der Waals surface area contributed by atoms with E-state index in [1.807, 2.05) is 11.3 Å². The maximum atomic E-state index is 13.0. The minimum atomic E-state index is -5.08. The highest BCUT2D eigenvalue weighted by atomic mass is 32.1. The molecule has 1 N–H and O–H groups in total. The van der Waals surface area contributed by atoms with Crippen LogP contribution in [0.5, 0.6) is 0 Å². The molecule has 0 spiro atoms. The molecule has 0 unspecified atom stereocenters. The number of carboxylic acids is 1. The summed E-state index contributed by atoms with van der Waals surface area (Å²) < 4.78 is 37.7. The molecule has 0 aromatic carbocycles. The van der Waals surface area contributed by atoms with Crippen molar-refractivity contribution in [1.29, 1.82) is 0 Å². The number of ether oxygens (including phenoxy) is 1. The zero-order chi connectivity index (χ0) is 21.9. The first-order valence-corrected chi connectivity index (χ1v) is 10.9. The van der Waals surface area contributed by atoms with E-state index in [-0.39, 0.29) is 12.0 Å². The fourth-order valence-electron chi connectivity index (χ4n) is 4.41. The Bertz CT molecular complexity index is 749. The van der Waals surface area contributed by atoms with Gasteiger partial charge in [0.2, 0.25) is 5.91 Å². The number of carbonyl (C=O) groups excluding carboxylic acids is 1. The third kappa shape index (κ3) is 5.73. The van der Waals surface area contributed by atoms with Gasteiger partial charge in [-0.1, -0.05) is 0 Å². The van der Waals surface area contributed by atoms with Crippen molar-refractivity contribution >= 4 is 23.2 Å². The molecule has 3 aliphatic heterocycles. The molecule has 3 atom stereocenters. The highest BCUT2D eigenvalue weighted by Gasteiger charge is 2.45. The smallest absolute Gasteiger partial charge is 0.475 e. The Labute approximate surface area is 177 Å². The van der Waals surface area contributed by atoms with Crippen molar-refractivity contribution in [2.75, 3.05) is 32.8 Å². The Hall–Kier alpha value is -1.65. The lowest BCUT2D eigenvalue weighted by molar-refractivity contribution is -0.192. The lowest BCUT2D eigenvalue weighted by atomic mass is 9.82. The van der Waals surface area contributed by atoms with E-state index in [1.54, 1.807) is 0 Å². The standard InChI is InChI=1S/C18H26N2O2S.C2HF3O2/c1-13-4-5-14(23-13)10-19-11-16(15-6-9-22-17(15)12-19)18(21)20-7-2-3-8-20;3-2(4,5)1(6)7/h4-5,15-17H,2-3,6-12H2,1H3;(H,6,7)/t15-,16-,17+;/m0./s1. The quantitative estimate of drug-likeness (QED) is 0.769. The Balaban J connectivity index is 0.000000318. The van der Waals surface area contributed by atoms with Crippen molar-refractivity contribution in [1.82, 2.24) is 9.80 Å². The van der Waals surface area contributed by atoms with Crippen molar-refractivity contribution < 1.29 is 32.6 Å². The number of likely N-dealkylation sites (tertiary alicyclic amines) is 2. The first kappa shape index (κ1) is 23.0. The number of thiophene rings is 1. The van der Waals surface area contributed by atoms with E-state index in [0.717, 1.165) is 45.8 Å². The third-order valence-corrected chi connectivity index (χ3v) is 6.81. The maximum Gasteiger partial charge on any atom is 0.490 e. The molecule has 0 bridgehead atoms. The van der Waals surface area contributed by atoms with Crippen molar-refractivity contribution in [3.8, 4) is 0 Å². The van der Waals surface area contributed by atoms with Crippen LogP contribution < -0.4 is 0 Å². The SMILES string of the molecule is Cc1ccc(CN2C[C@H](C(=O)N3CCCC3)[C@@H]3CCO[C@@H]3C2)s1.O=C(O)C(F)(F)F. The number of nitrogens with zero attached hydrogens (tertiary/aromatic N) is 2. The first-order chi connectivity index (χ1) is 14.1. The molecule has 4 rings (SSSR count). The van der Waals surface area contributed by atoms with Crippen LogP contribution in [0.25, 0.3) is 0 Å². The second kappa shape index (κ2) is 9.65. The molecule has 10 heteroatoms. The minimum Gasteiger partial charge on any atom is -0.475 e. The number of rotatable bonds is 3. The van der Waals surface area contributed by atoms with Gasteiger partial charge in [0, 0.05) is 55.0 Å². The Morgan fingerprint density at radius 1 is 1.23 bits per heavy atom. The van der Waals surface area contributed by atoms with Crippen LogP contribution in [0.2, 0.25) is 0 Å². The number of amides is 1. The van der Waals surface area contributed by atoms with Crippen LogP contribution in [-0.4, -0.2) is 71.8 Å². The summed E-state index contributed by atoms with van der Waals surface area (Å²) in [6.45, 7) is 7.72. The predicted molar refractivity (Wildman–Crippen MR) is 105 cm³/mol. The molecule has 168 valence electrons. The predicted octanol–water partition coefficient (Wildman–Crippen LogP) is 3.15. The summed E-state index contributed by atoms with van der Waals surface area (Å²) in [5.74, 6) is -1.80. The number of carbonyl (C=O) groups is 2. The number of alkyl halides is 3. The van der Waals surface area contributed by atoms with Crippen molar-refractivity contribution in [2.45, 2.75) is 45.0 Å². The summed E-state index contributed by atoms with van der Waals surface area (Å²) >= 11 is 1.86. The van der Waals surface area contributed by atoms with E-state index < -0.39 is 12.1 Å². The molecule has 3 saturated heterocycles.